The standard InChI is InChI=1S/C14H12BrClFN/c1-9-2-5-14(12(15)6-9)18-8-10-7-11(17)3-4-13(10)16/h2-7,18H,8H2,1H3. The Bertz CT molecular complexity index is 572. The number of halogens is 3. The molecule has 4 heteroatoms. The molecule has 0 aliphatic heterocycles. The first-order valence-electron chi connectivity index (χ1n) is 5.50. The first-order valence-corrected chi connectivity index (χ1v) is 6.67. The van der Waals surface area contributed by atoms with Gasteiger partial charge < -0.3 is 5.32 Å². The molecule has 1 N–H and O–H groups in total. The van der Waals surface area contributed by atoms with Gasteiger partial charge in [-0.25, -0.2) is 4.39 Å². The molecule has 0 aliphatic carbocycles. The third-order valence-electron chi connectivity index (χ3n) is 2.60. The highest BCUT2D eigenvalue weighted by Crippen LogP contribution is 2.25. The van der Waals surface area contributed by atoms with Crippen LogP contribution in [0.4, 0.5) is 10.1 Å². The Morgan fingerprint density at radius 3 is 2.72 bits per heavy atom. The SMILES string of the molecule is Cc1ccc(NCc2cc(F)ccc2Cl)c(Br)c1. The summed E-state index contributed by atoms with van der Waals surface area (Å²) in [6, 6.07) is 10.4. The second-order valence-corrected chi connectivity index (χ2v) is 5.33. The van der Waals surface area contributed by atoms with Crippen molar-refractivity contribution >= 4 is 33.2 Å². The lowest BCUT2D eigenvalue weighted by molar-refractivity contribution is 0.626. The molecule has 2 aromatic carbocycles. The summed E-state index contributed by atoms with van der Waals surface area (Å²) in [4.78, 5) is 0. The summed E-state index contributed by atoms with van der Waals surface area (Å²) >= 11 is 9.49. The summed E-state index contributed by atoms with van der Waals surface area (Å²) < 4.78 is 14.1. The molecule has 1 nitrogen and oxygen atoms in total. The van der Waals surface area contributed by atoms with Crippen LogP contribution >= 0.6 is 27.5 Å². The molecule has 2 rings (SSSR count). The Morgan fingerprint density at radius 2 is 2.00 bits per heavy atom. The van der Waals surface area contributed by atoms with Crippen LogP contribution in [0.2, 0.25) is 5.02 Å². The van der Waals surface area contributed by atoms with E-state index in [0.29, 0.717) is 11.6 Å². The van der Waals surface area contributed by atoms with Crippen LogP contribution in [0.25, 0.3) is 0 Å². The number of hydrogen-bond donors (Lipinski definition) is 1. The molecule has 0 aliphatic rings. The van der Waals surface area contributed by atoms with Crippen LogP contribution in [0.1, 0.15) is 11.1 Å². The molecule has 0 atom stereocenters. The van der Waals surface area contributed by atoms with E-state index in [0.717, 1.165) is 15.7 Å². The second kappa shape index (κ2) is 5.72. The fourth-order valence-corrected chi connectivity index (χ4v) is 2.45. The molecule has 0 saturated carbocycles. The first-order chi connectivity index (χ1) is 8.56. The second-order valence-electron chi connectivity index (χ2n) is 4.07. The molecule has 2 aromatic rings. The molecule has 0 heterocycles. The number of hydrogen-bond acceptors (Lipinski definition) is 1. The zero-order chi connectivity index (χ0) is 13.1. The Hall–Kier alpha value is -1.06. The lowest BCUT2D eigenvalue weighted by atomic mass is 10.2. The molecule has 94 valence electrons. The van der Waals surface area contributed by atoms with E-state index < -0.39 is 0 Å². The van der Waals surface area contributed by atoms with Crippen LogP contribution in [0.15, 0.2) is 40.9 Å². The first kappa shape index (κ1) is 13.4. The van der Waals surface area contributed by atoms with Gasteiger partial charge in [-0.2, -0.15) is 0 Å². The van der Waals surface area contributed by atoms with Gasteiger partial charge in [-0.05, 0) is 64.3 Å². The van der Waals surface area contributed by atoms with Crippen LogP contribution in [0.3, 0.4) is 0 Å². The van der Waals surface area contributed by atoms with E-state index in [1.807, 2.05) is 25.1 Å². The average Bonchev–Trinajstić information content (AvgIpc) is 2.32. The van der Waals surface area contributed by atoms with Crippen molar-refractivity contribution in [2.24, 2.45) is 0 Å². The van der Waals surface area contributed by atoms with Crippen molar-refractivity contribution < 1.29 is 4.39 Å². The minimum Gasteiger partial charge on any atom is -0.380 e. The van der Waals surface area contributed by atoms with Gasteiger partial charge in [0.15, 0.2) is 0 Å². The number of anilines is 1. The van der Waals surface area contributed by atoms with Gasteiger partial charge in [0, 0.05) is 21.7 Å². The molecule has 0 aromatic heterocycles. The van der Waals surface area contributed by atoms with Crippen LogP contribution in [-0.4, -0.2) is 0 Å². The van der Waals surface area contributed by atoms with Crippen molar-refractivity contribution in [1.29, 1.82) is 0 Å². The maximum atomic E-state index is 13.1. The molecule has 18 heavy (non-hydrogen) atoms. The quantitative estimate of drug-likeness (QED) is 0.820. The Morgan fingerprint density at radius 1 is 1.22 bits per heavy atom. The summed E-state index contributed by atoms with van der Waals surface area (Å²) in [7, 11) is 0. The third kappa shape index (κ3) is 3.24. The molecule has 0 unspecified atom stereocenters. The van der Waals surface area contributed by atoms with E-state index in [-0.39, 0.29) is 5.82 Å². The van der Waals surface area contributed by atoms with E-state index in [4.69, 9.17) is 11.6 Å². The predicted molar refractivity (Wildman–Crippen MR) is 77.6 cm³/mol. The van der Waals surface area contributed by atoms with Crippen LogP contribution in [0.5, 0.6) is 0 Å². The van der Waals surface area contributed by atoms with Gasteiger partial charge in [0.1, 0.15) is 5.82 Å². The Labute approximate surface area is 119 Å². The van der Waals surface area contributed by atoms with Crippen molar-refractivity contribution in [3.63, 3.8) is 0 Å². The zero-order valence-electron chi connectivity index (χ0n) is 9.81. The fourth-order valence-electron chi connectivity index (χ4n) is 1.63. The highest BCUT2D eigenvalue weighted by molar-refractivity contribution is 9.10. The van der Waals surface area contributed by atoms with Crippen molar-refractivity contribution in [1.82, 2.24) is 0 Å². The molecule has 0 bridgehead atoms. The van der Waals surface area contributed by atoms with Crippen molar-refractivity contribution in [3.05, 3.63) is 62.8 Å². The van der Waals surface area contributed by atoms with E-state index >= 15 is 0 Å². The molecule has 0 fully saturated rings. The highest BCUT2D eigenvalue weighted by Gasteiger charge is 2.04. The van der Waals surface area contributed by atoms with Gasteiger partial charge >= 0.3 is 0 Å². The van der Waals surface area contributed by atoms with Gasteiger partial charge in [-0.15, -0.1) is 0 Å². The van der Waals surface area contributed by atoms with Crippen molar-refractivity contribution in [3.8, 4) is 0 Å². The normalized spacial score (nSPS) is 10.4. The van der Waals surface area contributed by atoms with E-state index in [1.54, 1.807) is 6.07 Å². The van der Waals surface area contributed by atoms with Gasteiger partial charge in [-0.1, -0.05) is 17.7 Å². The number of benzene rings is 2. The van der Waals surface area contributed by atoms with Gasteiger partial charge in [0.05, 0.1) is 0 Å². The van der Waals surface area contributed by atoms with E-state index in [1.165, 1.54) is 17.7 Å². The summed E-state index contributed by atoms with van der Waals surface area (Å²) in [5.74, 6) is -0.279. The van der Waals surface area contributed by atoms with Crippen molar-refractivity contribution in [2.45, 2.75) is 13.5 Å². The third-order valence-corrected chi connectivity index (χ3v) is 3.63. The summed E-state index contributed by atoms with van der Waals surface area (Å²) in [6.45, 7) is 2.51. The molecular formula is C14H12BrClFN. The molecule has 0 saturated heterocycles. The van der Waals surface area contributed by atoms with Crippen LogP contribution in [-0.2, 0) is 6.54 Å². The zero-order valence-corrected chi connectivity index (χ0v) is 12.1. The lowest BCUT2D eigenvalue weighted by Crippen LogP contribution is -2.01. The Balaban J connectivity index is 2.13. The molecular weight excluding hydrogens is 317 g/mol. The smallest absolute Gasteiger partial charge is 0.123 e. The Kier molecular flexibility index (Phi) is 4.25. The number of aryl methyl sites for hydroxylation is 1. The number of nitrogens with one attached hydrogen (secondary N) is 1. The summed E-state index contributed by atoms with van der Waals surface area (Å²) in [5.41, 5.74) is 2.88. The molecule has 0 amide bonds. The molecule has 0 spiro atoms. The lowest BCUT2D eigenvalue weighted by Gasteiger charge is -2.10. The minimum absolute atomic E-state index is 0.279. The van der Waals surface area contributed by atoms with Gasteiger partial charge in [-0.3, -0.25) is 0 Å². The average molecular weight is 329 g/mol. The summed E-state index contributed by atoms with van der Waals surface area (Å²) in [6.07, 6.45) is 0. The fraction of sp³-hybridized carbons (Fsp3) is 0.143. The van der Waals surface area contributed by atoms with E-state index in [9.17, 15) is 4.39 Å². The maximum absolute atomic E-state index is 13.1. The van der Waals surface area contributed by atoms with Crippen molar-refractivity contribution in [2.75, 3.05) is 5.32 Å². The maximum Gasteiger partial charge on any atom is 0.123 e. The topological polar surface area (TPSA) is 12.0 Å². The number of rotatable bonds is 3. The van der Waals surface area contributed by atoms with Crippen LogP contribution < -0.4 is 5.32 Å². The van der Waals surface area contributed by atoms with Gasteiger partial charge in [0.2, 0.25) is 0 Å². The van der Waals surface area contributed by atoms with Gasteiger partial charge in [0.25, 0.3) is 0 Å². The summed E-state index contributed by atoms with van der Waals surface area (Å²) in [5, 5.41) is 3.79. The molecule has 0 radical (unpaired) electrons. The largest absolute Gasteiger partial charge is 0.380 e. The van der Waals surface area contributed by atoms with E-state index in [2.05, 4.69) is 21.2 Å². The van der Waals surface area contributed by atoms with Crippen LogP contribution in [0, 0.1) is 12.7 Å². The minimum atomic E-state index is -0.279. The monoisotopic (exact) mass is 327 g/mol. The highest BCUT2D eigenvalue weighted by atomic mass is 79.9. The predicted octanol–water partition coefficient (Wildman–Crippen LogP) is 5.16.